The highest BCUT2D eigenvalue weighted by Crippen LogP contribution is 2.45. The highest BCUT2D eigenvalue weighted by atomic mass is 35.5. The summed E-state index contributed by atoms with van der Waals surface area (Å²) in [6.45, 7) is 3.98. The van der Waals surface area contributed by atoms with Gasteiger partial charge in [0.25, 0.3) is 11.5 Å². The van der Waals surface area contributed by atoms with Crippen LogP contribution < -0.4 is 20.5 Å². The van der Waals surface area contributed by atoms with Crippen LogP contribution in [0.1, 0.15) is 47.7 Å². The van der Waals surface area contributed by atoms with Gasteiger partial charge in [0.15, 0.2) is 5.69 Å². The number of imidazole rings is 1. The minimum absolute atomic E-state index is 0.125. The molecule has 196 valence electrons. The zero-order valence-electron chi connectivity index (χ0n) is 21.4. The van der Waals surface area contributed by atoms with E-state index in [-0.39, 0.29) is 23.0 Å². The molecule has 38 heavy (non-hydrogen) atoms. The van der Waals surface area contributed by atoms with Crippen molar-refractivity contribution in [3.05, 3.63) is 80.1 Å². The summed E-state index contributed by atoms with van der Waals surface area (Å²) in [5.41, 5.74) is 1.92. The van der Waals surface area contributed by atoms with Crippen LogP contribution in [0.4, 0.5) is 11.6 Å². The zero-order valence-corrected chi connectivity index (χ0v) is 22.9. The average molecular weight is 554 g/mol. The van der Waals surface area contributed by atoms with Crippen molar-refractivity contribution in [2.24, 2.45) is 7.05 Å². The van der Waals surface area contributed by atoms with Gasteiger partial charge in [-0.2, -0.15) is 4.98 Å². The smallest absolute Gasteiger partial charge is 0.279 e. The Bertz CT molecular complexity index is 1610. The number of anilines is 2. The maximum Gasteiger partial charge on any atom is 0.279 e. The van der Waals surface area contributed by atoms with Crippen molar-refractivity contribution in [2.45, 2.75) is 25.9 Å². The lowest BCUT2D eigenvalue weighted by Gasteiger charge is -2.28. The van der Waals surface area contributed by atoms with Crippen molar-refractivity contribution in [1.82, 2.24) is 24.1 Å². The molecule has 0 spiro atoms. The number of benzene rings is 1. The molecule has 0 radical (unpaired) electrons. The number of hydrogen-bond acceptors (Lipinski definition) is 7. The number of hydrogen-bond donors (Lipinski definition) is 1. The monoisotopic (exact) mass is 553 g/mol. The number of pyridine rings is 1. The number of methoxy groups -OCH3 is 1. The van der Waals surface area contributed by atoms with Crippen LogP contribution in [-0.2, 0) is 7.05 Å². The van der Waals surface area contributed by atoms with Gasteiger partial charge in [-0.25, -0.2) is 9.97 Å². The summed E-state index contributed by atoms with van der Waals surface area (Å²) in [5, 5.41) is 3.77. The number of carbonyl (C=O) groups excluding carboxylic acids is 1. The molecule has 0 bridgehead atoms. The number of rotatable bonds is 6. The van der Waals surface area contributed by atoms with Gasteiger partial charge in [-0.05, 0) is 37.6 Å². The van der Waals surface area contributed by atoms with E-state index in [4.69, 9.17) is 32.9 Å². The van der Waals surface area contributed by atoms with Gasteiger partial charge in [-0.1, -0.05) is 35.3 Å². The van der Waals surface area contributed by atoms with Crippen molar-refractivity contribution in [3.63, 3.8) is 0 Å². The summed E-state index contributed by atoms with van der Waals surface area (Å²) in [6, 6.07) is 7.87. The zero-order chi connectivity index (χ0) is 27.3. The summed E-state index contributed by atoms with van der Waals surface area (Å²) >= 11 is 12.5. The molecular weight excluding hydrogens is 529 g/mol. The number of carbonyl (C=O) groups is 1. The van der Waals surface area contributed by atoms with Crippen LogP contribution in [0.15, 0.2) is 47.5 Å². The molecule has 1 aliphatic heterocycles. The fraction of sp³-hybridized carbons (Fsp3) is 0.269. The Morgan fingerprint density at radius 1 is 1.08 bits per heavy atom. The van der Waals surface area contributed by atoms with Crippen LogP contribution in [0.3, 0.4) is 0 Å². The number of amides is 1. The SMILES string of the molecule is CNc1ncc(-c2nc3c(n2C(C)C)C(c2ccc(Cl)cc2)N(c2cc(Cl)cn(C)c2=O)C3=O)c(OC)n1. The van der Waals surface area contributed by atoms with Gasteiger partial charge in [-0.15, -0.1) is 0 Å². The van der Waals surface area contributed by atoms with Gasteiger partial charge >= 0.3 is 0 Å². The summed E-state index contributed by atoms with van der Waals surface area (Å²) in [5.74, 6) is 0.757. The second-order valence-electron chi connectivity index (χ2n) is 9.09. The minimum Gasteiger partial charge on any atom is -0.480 e. The van der Waals surface area contributed by atoms with Gasteiger partial charge in [0, 0.05) is 37.6 Å². The molecule has 1 N–H and O–H groups in total. The number of ether oxygens (including phenoxy) is 1. The van der Waals surface area contributed by atoms with E-state index in [1.165, 1.54) is 28.8 Å². The third-order valence-electron chi connectivity index (χ3n) is 6.39. The molecule has 0 saturated carbocycles. The summed E-state index contributed by atoms with van der Waals surface area (Å²) in [7, 11) is 4.82. The predicted molar refractivity (Wildman–Crippen MR) is 147 cm³/mol. The molecule has 0 saturated heterocycles. The first-order chi connectivity index (χ1) is 18.2. The van der Waals surface area contributed by atoms with Crippen molar-refractivity contribution >= 4 is 40.7 Å². The Morgan fingerprint density at radius 2 is 1.79 bits per heavy atom. The first kappa shape index (κ1) is 25.7. The number of nitrogens with one attached hydrogen (secondary N) is 1. The Morgan fingerprint density at radius 3 is 2.42 bits per heavy atom. The minimum atomic E-state index is -0.673. The first-order valence-electron chi connectivity index (χ1n) is 11.8. The Hall–Kier alpha value is -3.89. The lowest BCUT2D eigenvalue weighted by atomic mass is 10.0. The lowest BCUT2D eigenvalue weighted by Crippen LogP contribution is -2.36. The molecule has 12 heteroatoms. The van der Waals surface area contributed by atoms with Crippen molar-refractivity contribution in [3.8, 4) is 17.3 Å². The summed E-state index contributed by atoms with van der Waals surface area (Å²) in [6.07, 6.45) is 3.12. The molecule has 1 amide bonds. The Balaban J connectivity index is 1.81. The number of nitrogens with zero attached hydrogens (tertiary/aromatic N) is 6. The molecule has 4 aromatic rings. The van der Waals surface area contributed by atoms with Crippen molar-refractivity contribution in [1.29, 1.82) is 0 Å². The number of aromatic nitrogens is 5. The number of halogens is 2. The molecule has 1 aliphatic rings. The van der Waals surface area contributed by atoms with Crippen LogP contribution in [0.25, 0.3) is 11.4 Å². The number of fused-ring (bicyclic) bond motifs is 1. The van der Waals surface area contributed by atoms with Gasteiger partial charge in [0.1, 0.15) is 17.6 Å². The predicted octanol–water partition coefficient (Wildman–Crippen LogP) is 4.73. The standard InChI is InChI=1S/C26H25Cl2N7O3/c1-13(2)34-21-19(31-22(34)17-11-30-26(29-3)32-23(17)38-5)25(37)35(18-10-16(28)12-33(4)24(18)36)20(21)14-6-8-15(27)9-7-14/h6-13,20H,1-5H3,(H,29,30,32). The summed E-state index contributed by atoms with van der Waals surface area (Å²) < 4.78 is 8.86. The van der Waals surface area contributed by atoms with Crippen LogP contribution in [0.2, 0.25) is 10.0 Å². The molecule has 3 aromatic heterocycles. The Kier molecular flexibility index (Phi) is 6.62. The second-order valence-corrected chi connectivity index (χ2v) is 9.96. The van der Waals surface area contributed by atoms with Gasteiger partial charge in [-0.3, -0.25) is 14.5 Å². The highest BCUT2D eigenvalue weighted by Gasteiger charge is 2.46. The van der Waals surface area contributed by atoms with Gasteiger partial charge in [0.2, 0.25) is 11.8 Å². The molecule has 0 aliphatic carbocycles. The molecule has 0 fully saturated rings. The maximum atomic E-state index is 14.1. The normalized spacial score (nSPS) is 14.8. The molecule has 1 atom stereocenters. The van der Waals surface area contributed by atoms with E-state index >= 15 is 0 Å². The van der Waals surface area contributed by atoms with Gasteiger partial charge in [0.05, 0.1) is 23.4 Å². The van der Waals surface area contributed by atoms with E-state index < -0.39 is 11.9 Å². The molecule has 5 rings (SSSR count). The fourth-order valence-corrected chi connectivity index (χ4v) is 5.13. The van der Waals surface area contributed by atoms with E-state index in [1.807, 2.05) is 30.5 Å². The van der Waals surface area contributed by atoms with Crippen LogP contribution in [0, 0.1) is 0 Å². The topological polar surface area (TPSA) is 107 Å². The van der Waals surface area contributed by atoms with Crippen LogP contribution >= 0.6 is 23.2 Å². The molecule has 10 nitrogen and oxygen atoms in total. The average Bonchev–Trinajstić information content (AvgIpc) is 3.41. The molecular formula is C26H25Cl2N7O3. The first-order valence-corrected chi connectivity index (χ1v) is 12.6. The van der Waals surface area contributed by atoms with E-state index in [2.05, 4.69) is 15.3 Å². The fourth-order valence-electron chi connectivity index (χ4n) is 4.75. The molecule has 1 unspecified atom stereocenters. The third-order valence-corrected chi connectivity index (χ3v) is 6.85. The Labute approximate surface area is 228 Å². The van der Waals surface area contributed by atoms with Crippen LogP contribution in [0.5, 0.6) is 5.88 Å². The van der Waals surface area contributed by atoms with E-state index in [9.17, 15) is 9.59 Å². The van der Waals surface area contributed by atoms with Gasteiger partial charge < -0.3 is 19.2 Å². The highest BCUT2D eigenvalue weighted by molar-refractivity contribution is 6.31. The van der Waals surface area contributed by atoms with E-state index in [0.717, 1.165) is 5.56 Å². The summed E-state index contributed by atoms with van der Waals surface area (Å²) in [4.78, 5) is 42.3. The molecule has 1 aromatic carbocycles. The van der Waals surface area contributed by atoms with Crippen LogP contribution in [-0.4, -0.2) is 44.2 Å². The van der Waals surface area contributed by atoms with Crippen molar-refractivity contribution in [2.75, 3.05) is 24.4 Å². The largest absolute Gasteiger partial charge is 0.480 e. The quantitative estimate of drug-likeness (QED) is 0.367. The molecule has 4 heterocycles. The maximum absolute atomic E-state index is 14.1. The van der Waals surface area contributed by atoms with E-state index in [1.54, 1.807) is 32.4 Å². The lowest BCUT2D eigenvalue weighted by molar-refractivity contribution is 0.0989. The van der Waals surface area contributed by atoms with Crippen molar-refractivity contribution < 1.29 is 9.53 Å². The number of aryl methyl sites for hydroxylation is 1. The third kappa shape index (κ3) is 4.10. The van der Waals surface area contributed by atoms with E-state index in [0.29, 0.717) is 39.0 Å². The second kappa shape index (κ2) is 9.77.